The summed E-state index contributed by atoms with van der Waals surface area (Å²) >= 11 is 13.3. The van der Waals surface area contributed by atoms with Crippen LogP contribution in [0.4, 0.5) is 0 Å². The van der Waals surface area contributed by atoms with E-state index in [9.17, 15) is 4.79 Å². The number of esters is 1. The van der Waals surface area contributed by atoms with Crippen LogP contribution >= 0.6 is 34.5 Å². The van der Waals surface area contributed by atoms with E-state index in [1.807, 2.05) is 5.38 Å². The molecule has 0 spiro atoms. The normalized spacial score (nSPS) is 16.4. The highest BCUT2D eigenvalue weighted by molar-refractivity contribution is 7.07. The van der Waals surface area contributed by atoms with E-state index in [1.54, 1.807) is 29.8 Å². The zero-order valence-electron chi connectivity index (χ0n) is 9.84. The van der Waals surface area contributed by atoms with Gasteiger partial charge in [-0.25, -0.2) is 14.8 Å². The van der Waals surface area contributed by atoms with E-state index in [0.29, 0.717) is 21.3 Å². The molecule has 1 aliphatic heterocycles. The molecule has 0 unspecified atom stereocenters. The lowest BCUT2D eigenvalue weighted by atomic mass is 10.2. The Hall–Kier alpha value is -1.69. The number of ether oxygens (including phenoxy) is 1. The molecule has 0 saturated heterocycles. The van der Waals surface area contributed by atoms with Gasteiger partial charge in [0.05, 0.1) is 21.8 Å². The number of carbonyl (C=O) groups excluding carboxylic acids is 1. The predicted molar refractivity (Wildman–Crippen MR) is 79.2 cm³/mol. The van der Waals surface area contributed by atoms with Crippen LogP contribution < -0.4 is 0 Å². The number of rotatable bonds is 2. The van der Waals surface area contributed by atoms with E-state index in [0.717, 1.165) is 0 Å². The molecule has 1 aliphatic rings. The van der Waals surface area contributed by atoms with Crippen LogP contribution in [0.2, 0.25) is 10.0 Å². The van der Waals surface area contributed by atoms with Crippen LogP contribution in [0, 0.1) is 0 Å². The maximum atomic E-state index is 11.8. The molecule has 2 heterocycles. The largest absolute Gasteiger partial charge is 0.402 e. The van der Waals surface area contributed by atoms with E-state index in [4.69, 9.17) is 27.9 Å². The summed E-state index contributed by atoms with van der Waals surface area (Å²) in [6.07, 6.45) is 1.57. The van der Waals surface area contributed by atoms with Crippen LogP contribution in [-0.2, 0) is 9.53 Å². The molecule has 0 amide bonds. The topological polar surface area (TPSA) is 51.5 Å². The van der Waals surface area contributed by atoms with E-state index in [2.05, 4.69) is 9.98 Å². The minimum atomic E-state index is -0.529. The van der Waals surface area contributed by atoms with E-state index >= 15 is 0 Å². The highest BCUT2D eigenvalue weighted by Gasteiger charge is 2.25. The second-order valence-electron chi connectivity index (χ2n) is 3.87. The van der Waals surface area contributed by atoms with Gasteiger partial charge in [-0.05, 0) is 24.3 Å². The van der Waals surface area contributed by atoms with Crippen molar-refractivity contribution >= 4 is 52.5 Å². The first kappa shape index (κ1) is 13.3. The maximum Gasteiger partial charge on any atom is 0.363 e. The Morgan fingerprint density at radius 2 is 2.15 bits per heavy atom. The number of aliphatic imine (C=N–C) groups is 1. The number of cyclic esters (lactones) is 1. The van der Waals surface area contributed by atoms with Crippen molar-refractivity contribution < 1.29 is 9.53 Å². The zero-order chi connectivity index (χ0) is 14.1. The molecule has 100 valence electrons. The number of hydrogen-bond acceptors (Lipinski definition) is 5. The quantitative estimate of drug-likeness (QED) is 0.623. The Morgan fingerprint density at radius 1 is 1.30 bits per heavy atom. The number of aromatic nitrogens is 1. The van der Waals surface area contributed by atoms with Crippen molar-refractivity contribution in [3.05, 3.63) is 56.1 Å². The molecular weight excluding hydrogens is 319 g/mol. The first-order valence-corrected chi connectivity index (χ1v) is 7.19. The van der Waals surface area contributed by atoms with E-state index < -0.39 is 5.97 Å². The minimum absolute atomic E-state index is 0.165. The van der Waals surface area contributed by atoms with Crippen molar-refractivity contribution in [3.8, 4) is 0 Å². The SMILES string of the molecule is O=C1OC(c2ccc(Cl)cc2Cl)=N/C1=C/c1cscn1. The summed E-state index contributed by atoms with van der Waals surface area (Å²) in [5.74, 6) is -0.364. The molecule has 4 nitrogen and oxygen atoms in total. The molecule has 0 radical (unpaired) electrons. The van der Waals surface area contributed by atoms with Crippen molar-refractivity contribution in [1.29, 1.82) is 0 Å². The fourth-order valence-corrected chi connectivity index (χ4v) is 2.62. The minimum Gasteiger partial charge on any atom is -0.402 e. The average Bonchev–Trinajstić information content (AvgIpc) is 3.01. The van der Waals surface area contributed by atoms with Gasteiger partial charge < -0.3 is 4.74 Å². The van der Waals surface area contributed by atoms with Gasteiger partial charge in [0.2, 0.25) is 5.90 Å². The number of benzene rings is 1. The highest BCUT2D eigenvalue weighted by atomic mass is 35.5. The van der Waals surface area contributed by atoms with Gasteiger partial charge in [-0.2, -0.15) is 0 Å². The number of halogens is 2. The van der Waals surface area contributed by atoms with Crippen molar-refractivity contribution in [1.82, 2.24) is 4.98 Å². The molecular formula is C13H6Cl2N2O2S. The van der Waals surface area contributed by atoms with Gasteiger partial charge in [-0.3, -0.25) is 0 Å². The van der Waals surface area contributed by atoms with E-state index in [-0.39, 0.29) is 11.6 Å². The number of thiazole rings is 1. The van der Waals surface area contributed by atoms with Crippen molar-refractivity contribution in [2.24, 2.45) is 4.99 Å². The fourth-order valence-electron chi connectivity index (χ4n) is 1.62. The van der Waals surface area contributed by atoms with Crippen molar-refractivity contribution in [3.63, 3.8) is 0 Å². The first-order valence-electron chi connectivity index (χ1n) is 5.49. The Balaban J connectivity index is 1.98. The number of nitrogens with zero attached hydrogens (tertiary/aromatic N) is 2. The van der Waals surface area contributed by atoms with Crippen LogP contribution in [0.5, 0.6) is 0 Å². The number of hydrogen-bond donors (Lipinski definition) is 0. The second-order valence-corrected chi connectivity index (χ2v) is 5.44. The molecule has 1 aromatic carbocycles. The standard InChI is InChI=1S/C13H6Cl2N2O2S/c14-7-1-2-9(10(15)3-7)12-17-11(13(18)19-12)4-8-5-20-6-16-8/h1-6H/b11-4+. The van der Waals surface area contributed by atoms with Crippen LogP contribution in [0.15, 0.2) is 39.8 Å². The smallest absolute Gasteiger partial charge is 0.363 e. The van der Waals surface area contributed by atoms with Gasteiger partial charge in [0, 0.05) is 10.4 Å². The third-order valence-electron chi connectivity index (χ3n) is 2.52. The zero-order valence-corrected chi connectivity index (χ0v) is 12.2. The Labute approximate surface area is 128 Å². The van der Waals surface area contributed by atoms with Crippen molar-refractivity contribution in [2.45, 2.75) is 0 Å². The second kappa shape index (κ2) is 5.36. The molecule has 7 heteroatoms. The van der Waals surface area contributed by atoms with E-state index in [1.165, 1.54) is 11.3 Å². The molecule has 0 saturated carbocycles. The monoisotopic (exact) mass is 324 g/mol. The van der Waals surface area contributed by atoms with Gasteiger partial charge in [-0.1, -0.05) is 23.2 Å². The third-order valence-corrected chi connectivity index (χ3v) is 3.67. The Morgan fingerprint density at radius 3 is 2.85 bits per heavy atom. The van der Waals surface area contributed by atoms with Gasteiger partial charge in [0.1, 0.15) is 0 Å². The lowest BCUT2D eigenvalue weighted by Crippen LogP contribution is -2.05. The summed E-state index contributed by atoms with van der Waals surface area (Å²) in [5.41, 5.74) is 3.05. The maximum absolute atomic E-state index is 11.8. The lowest BCUT2D eigenvalue weighted by molar-refractivity contribution is -0.129. The van der Waals surface area contributed by atoms with Crippen LogP contribution in [0.25, 0.3) is 6.08 Å². The highest BCUT2D eigenvalue weighted by Crippen LogP contribution is 2.26. The Kier molecular flexibility index (Phi) is 3.56. The molecule has 3 rings (SSSR count). The summed E-state index contributed by atoms with van der Waals surface area (Å²) in [6.45, 7) is 0. The molecule has 0 atom stereocenters. The summed E-state index contributed by atoms with van der Waals surface area (Å²) in [4.78, 5) is 20.0. The van der Waals surface area contributed by atoms with Crippen molar-refractivity contribution in [2.75, 3.05) is 0 Å². The summed E-state index contributed by atoms with van der Waals surface area (Å²) in [6, 6.07) is 4.88. The molecule has 0 N–H and O–H groups in total. The third kappa shape index (κ3) is 2.60. The van der Waals surface area contributed by atoms with Gasteiger partial charge >= 0.3 is 5.97 Å². The molecule has 2 aromatic rings. The summed E-state index contributed by atoms with van der Waals surface area (Å²) in [5, 5.41) is 2.68. The molecule has 1 aromatic heterocycles. The lowest BCUT2D eigenvalue weighted by Gasteiger charge is -2.02. The predicted octanol–water partition coefficient (Wildman–Crippen LogP) is 3.79. The number of carbonyl (C=O) groups is 1. The molecule has 0 bridgehead atoms. The van der Waals surface area contributed by atoms with Gasteiger partial charge in [-0.15, -0.1) is 11.3 Å². The first-order chi connectivity index (χ1) is 9.63. The average molecular weight is 325 g/mol. The van der Waals surface area contributed by atoms with Crippen LogP contribution in [0.1, 0.15) is 11.3 Å². The van der Waals surface area contributed by atoms with Crippen LogP contribution in [-0.4, -0.2) is 16.9 Å². The van der Waals surface area contributed by atoms with Gasteiger partial charge in [0.25, 0.3) is 0 Å². The fraction of sp³-hybridized carbons (Fsp3) is 0. The molecule has 0 fully saturated rings. The summed E-state index contributed by atoms with van der Waals surface area (Å²) in [7, 11) is 0. The molecule has 20 heavy (non-hydrogen) atoms. The Bertz CT molecular complexity index is 739. The van der Waals surface area contributed by atoms with Gasteiger partial charge in [0.15, 0.2) is 5.70 Å². The van der Waals surface area contributed by atoms with Crippen LogP contribution in [0.3, 0.4) is 0 Å². The summed E-state index contributed by atoms with van der Waals surface area (Å²) < 4.78 is 5.12. The molecule has 0 aliphatic carbocycles.